The molecule has 0 saturated carbocycles. The Morgan fingerprint density at radius 1 is 1.08 bits per heavy atom. The number of anilines is 1. The van der Waals surface area contributed by atoms with Crippen molar-refractivity contribution in [3.63, 3.8) is 0 Å². The fraction of sp³-hybridized carbons (Fsp3) is 0.150. The zero-order valence-corrected chi connectivity index (χ0v) is 14.8. The molecule has 0 saturated heterocycles. The molecule has 2 aromatic carbocycles. The molecule has 1 N–H and O–H groups in total. The number of fused-ring (bicyclic) bond motifs is 1. The number of halogens is 1. The highest BCUT2D eigenvalue weighted by Gasteiger charge is 2.22. The van der Waals surface area contributed by atoms with Crippen molar-refractivity contribution in [2.75, 3.05) is 11.9 Å². The van der Waals surface area contributed by atoms with Crippen molar-refractivity contribution in [1.29, 1.82) is 0 Å². The van der Waals surface area contributed by atoms with Gasteiger partial charge in [0, 0.05) is 41.0 Å². The highest BCUT2D eigenvalue weighted by molar-refractivity contribution is 6.30. The minimum Gasteiger partial charge on any atom is -0.320 e. The molecule has 26 heavy (non-hydrogen) atoms. The second-order valence-corrected chi connectivity index (χ2v) is 6.58. The summed E-state index contributed by atoms with van der Waals surface area (Å²) >= 11 is 5.87. The van der Waals surface area contributed by atoms with Crippen molar-refractivity contribution in [2.45, 2.75) is 13.0 Å². The van der Waals surface area contributed by atoms with Crippen LogP contribution in [0.15, 0.2) is 60.8 Å². The van der Waals surface area contributed by atoms with Crippen molar-refractivity contribution in [1.82, 2.24) is 14.9 Å². The molecule has 1 aromatic heterocycles. The van der Waals surface area contributed by atoms with E-state index in [4.69, 9.17) is 11.6 Å². The number of hydrogen-bond acceptors (Lipinski definition) is 3. The molecule has 0 radical (unpaired) electrons. The molecule has 2 heterocycles. The van der Waals surface area contributed by atoms with E-state index < -0.39 is 0 Å². The number of hydrogen-bond donors (Lipinski definition) is 1. The molecule has 0 bridgehead atoms. The summed E-state index contributed by atoms with van der Waals surface area (Å²) < 4.78 is 0. The third-order valence-corrected chi connectivity index (χ3v) is 4.60. The average molecular weight is 365 g/mol. The first kappa shape index (κ1) is 16.5. The average Bonchev–Trinajstić information content (AvgIpc) is 2.69. The molecular formula is C20H17ClN4O. The van der Waals surface area contributed by atoms with Gasteiger partial charge in [-0.05, 0) is 24.3 Å². The largest absolute Gasteiger partial charge is 0.322 e. The summed E-state index contributed by atoms with van der Waals surface area (Å²) in [6, 6.07) is 16.8. The number of nitrogens with zero attached hydrogens (tertiary/aromatic N) is 3. The van der Waals surface area contributed by atoms with Crippen LogP contribution in [0, 0.1) is 0 Å². The summed E-state index contributed by atoms with van der Waals surface area (Å²) in [6.07, 6.45) is 2.54. The zero-order valence-electron chi connectivity index (χ0n) is 14.0. The van der Waals surface area contributed by atoms with Crippen molar-refractivity contribution < 1.29 is 4.79 Å². The predicted molar refractivity (Wildman–Crippen MR) is 102 cm³/mol. The number of carbonyl (C=O) groups excluding carboxylic acids is 1. The lowest BCUT2D eigenvalue weighted by atomic mass is 10.1. The predicted octanol–water partition coefficient (Wildman–Crippen LogP) is 4.39. The Morgan fingerprint density at radius 3 is 2.62 bits per heavy atom. The Balaban J connectivity index is 1.47. The summed E-state index contributed by atoms with van der Waals surface area (Å²) in [5, 5.41) is 3.53. The van der Waals surface area contributed by atoms with Gasteiger partial charge in [0.15, 0.2) is 5.82 Å². The molecule has 1 aliphatic heterocycles. The summed E-state index contributed by atoms with van der Waals surface area (Å²) in [4.78, 5) is 23.4. The van der Waals surface area contributed by atoms with Gasteiger partial charge in [-0.3, -0.25) is 0 Å². The molecule has 0 spiro atoms. The second-order valence-electron chi connectivity index (χ2n) is 6.14. The number of amides is 2. The standard InChI is InChI=1S/C20H17ClN4O/c21-16-6-8-17(9-7-16)23-20(26)25-11-10-18-15(13-25)12-22-19(24-18)14-4-2-1-3-5-14/h1-9,12H,10-11,13H2,(H,23,26). The monoisotopic (exact) mass is 364 g/mol. The van der Waals surface area contributed by atoms with E-state index in [1.54, 1.807) is 29.2 Å². The maximum atomic E-state index is 12.5. The Kier molecular flexibility index (Phi) is 4.54. The van der Waals surface area contributed by atoms with E-state index in [0.29, 0.717) is 24.5 Å². The van der Waals surface area contributed by atoms with Crippen molar-refractivity contribution in [2.24, 2.45) is 0 Å². The number of aromatic nitrogens is 2. The van der Waals surface area contributed by atoms with Gasteiger partial charge in [0.2, 0.25) is 0 Å². The lowest BCUT2D eigenvalue weighted by molar-refractivity contribution is 0.206. The maximum Gasteiger partial charge on any atom is 0.322 e. The van der Waals surface area contributed by atoms with Crippen LogP contribution in [0.25, 0.3) is 11.4 Å². The van der Waals surface area contributed by atoms with Gasteiger partial charge < -0.3 is 10.2 Å². The first-order valence-electron chi connectivity index (χ1n) is 8.41. The molecule has 130 valence electrons. The van der Waals surface area contributed by atoms with Gasteiger partial charge in [0.1, 0.15) is 0 Å². The van der Waals surface area contributed by atoms with Crippen LogP contribution in [0.3, 0.4) is 0 Å². The van der Waals surface area contributed by atoms with Crippen LogP contribution >= 0.6 is 11.6 Å². The molecule has 0 atom stereocenters. The molecular weight excluding hydrogens is 348 g/mol. The number of rotatable bonds is 2. The van der Waals surface area contributed by atoms with E-state index in [0.717, 1.165) is 28.3 Å². The molecule has 5 nitrogen and oxygen atoms in total. The van der Waals surface area contributed by atoms with E-state index in [1.807, 2.05) is 36.5 Å². The first-order valence-corrected chi connectivity index (χ1v) is 8.78. The fourth-order valence-corrected chi connectivity index (χ4v) is 3.08. The van der Waals surface area contributed by atoms with Gasteiger partial charge >= 0.3 is 6.03 Å². The van der Waals surface area contributed by atoms with Crippen LogP contribution in [-0.4, -0.2) is 27.4 Å². The van der Waals surface area contributed by atoms with E-state index in [2.05, 4.69) is 15.3 Å². The van der Waals surface area contributed by atoms with Crippen molar-refractivity contribution in [3.05, 3.63) is 77.1 Å². The zero-order chi connectivity index (χ0) is 17.9. The molecule has 0 unspecified atom stereocenters. The summed E-state index contributed by atoms with van der Waals surface area (Å²) in [6.45, 7) is 1.13. The Morgan fingerprint density at radius 2 is 1.85 bits per heavy atom. The summed E-state index contributed by atoms with van der Waals surface area (Å²) in [5.74, 6) is 0.725. The maximum absolute atomic E-state index is 12.5. The van der Waals surface area contributed by atoms with Crippen LogP contribution in [0.1, 0.15) is 11.3 Å². The van der Waals surface area contributed by atoms with Crippen LogP contribution in [-0.2, 0) is 13.0 Å². The van der Waals surface area contributed by atoms with E-state index in [9.17, 15) is 4.79 Å². The smallest absolute Gasteiger partial charge is 0.320 e. The number of benzene rings is 2. The first-order chi connectivity index (χ1) is 12.7. The Hall–Kier alpha value is -2.92. The molecule has 4 rings (SSSR count). The number of carbonyl (C=O) groups is 1. The minimum absolute atomic E-state index is 0.134. The minimum atomic E-state index is -0.134. The summed E-state index contributed by atoms with van der Waals surface area (Å²) in [7, 11) is 0. The van der Waals surface area contributed by atoms with Crippen molar-refractivity contribution in [3.8, 4) is 11.4 Å². The number of urea groups is 1. The van der Waals surface area contributed by atoms with Crippen LogP contribution in [0.5, 0.6) is 0 Å². The van der Waals surface area contributed by atoms with Crippen LogP contribution < -0.4 is 5.32 Å². The molecule has 2 amide bonds. The molecule has 3 aromatic rings. The van der Waals surface area contributed by atoms with Gasteiger partial charge in [-0.2, -0.15) is 0 Å². The number of nitrogens with one attached hydrogen (secondary N) is 1. The van der Waals surface area contributed by atoms with Crippen LogP contribution in [0.4, 0.5) is 10.5 Å². The molecule has 0 aliphatic carbocycles. The highest BCUT2D eigenvalue weighted by atomic mass is 35.5. The Labute approximate surface area is 156 Å². The lowest BCUT2D eigenvalue weighted by Gasteiger charge is -2.28. The molecule has 6 heteroatoms. The second kappa shape index (κ2) is 7.14. The Bertz CT molecular complexity index is 928. The van der Waals surface area contributed by atoms with Gasteiger partial charge in [-0.25, -0.2) is 14.8 Å². The van der Waals surface area contributed by atoms with Gasteiger partial charge in [0.05, 0.1) is 12.2 Å². The van der Waals surface area contributed by atoms with Gasteiger partial charge in [0.25, 0.3) is 0 Å². The normalized spacial score (nSPS) is 13.2. The van der Waals surface area contributed by atoms with Gasteiger partial charge in [-0.15, -0.1) is 0 Å². The van der Waals surface area contributed by atoms with E-state index in [-0.39, 0.29) is 6.03 Å². The quantitative estimate of drug-likeness (QED) is 0.733. The lowest BCUT2D eigenvalue weighted by Crippen LogP contribution is -2.39. The van der Waals surface area contributed by atoms with Gasteiger partial charge in [-0.1, -0.05) is 41.9 Å². The third-order valence-electron chi connectivity index (χ3n) is 4.35. The highest BCUT2D eigenvalue weighted by Crippen LogP contribution is 2.22. The topological polar surface area (TPSA) is 58.1 Å². The van der Waals surface area contributed by atoms with Crippen LogP contribution in [0.2, 0.25) is 5.02 Å². The SMILES string of the molecule is O=C(Nc1ccc(Cl)cc1)N1CCc2nc(-c3ccccc3)ncc2C1. The summed E-state index contributed by atoms with van der Waals surface area (Å²) in [5.41, 5.74) is 3.72. The fourth-order valence-electron chi connectivity index (χ4n) is 2.95. The third kappa shape index (κ3) is 3.53. The molecule has 0 fully saturated rings. The van der Waals surface area contributed by atoms with E-state index >= 15 is 0 Å². The molecule has 1 aliphatic rings. The van der Waals surface area contributed by atoms with Crippen molar-refractivity contribution >= 4 is 23.3 Å². The van der Waals surface area contributed by atoms with E-state index in [1.165, 1.54) is 0 Å².